The van der Waals surface area contributed by atoms with Crippen molar-refractivity contribution < 1.29 is 9.90 Å². The fourth-order valence-electron chi connectivity index (χ4n) is 2.48. The molecule has 2 heterocycles. The van der Waals surface area contributed by atoms with E-state index in [1.54, 1.807) is 12.3 Å². The Balaban J connectivity index is 2.39. The number of anilines is 1. The second-order valence-electron chi connectivity index (χ2n) is 4.94. The molecule has 1 atom stereocenters. The van der Waals surface area contributed by atoms with Crippen LogP contribution in [0.3, 0.4) is 0 Å². The zero-order valence-electron chi connectivity index (χ0n) is 11.1. The summed E-state index contributed by atoms with van der Waals surface area (Å²) in [4.78, 5) is 20.0. The number of pyridine rings is 1. The van der Waals surface area contributed by atoms with Gasteiger partial charge in [0, 0.05) is 31.9 Å². The smallest absolute Gasteiger partial charge is 0.339 e. The second kappa shape index (κ2) is 4.94. The maximum absolute atomic E-state index is 11.4. The van der Waals surface area contributed by atoms with Gasteiger partial charge in [-0.3, -0.25) is 0 Å². The largest absolute Gasteiger partial charge is 0.478 e. The summed E-state index contributed by atoms with van der Waals surface area (Å²) in [6.45, 7) is 6.59. The maximum atomic E-state index is 11.4. The van der Waals surface area contributed by atoms with E-state index in [0.29, 0.717) is 11.4 Å². The number of carbonyl (C=O) groups is 1. The summed E-state index contributed by atoms with van der Waals surface area (Å²) in [6, 6.07) is 2.02. The number of hydrogen-bond donors (Lipinski definition) is 1. The highest BCUT2D eigenvalue weighted by atomic mass is 16.4. The lowest BCUT2D eigenvalue weighted by Crippen LogP contribution is -2.51. The van der Waals surface area contributed by atoms with Gasteiger partial charge in [0.1, 0.15) is 11.4 Å². The van der Waals surface area contributed by atoms with E-state index >= 15 is 0 Å². The van der Waals surface area contributed by atoms with Crippen molar-refractivity contribution in [3.8, 4) is 0 Å². The predicted molar refractivity (Wildman–Crippen MR) is 70.2 cm³/mol. The molecular formula is C13H19N3O2. The lowest BCUT2D eigenvalue weighted by Gasteiger charge is -2.39. The number of rotatable bonds is 2. The van der Waals surface area contributed by atoms with E-state index < -0.39 is 5.97 Å². The van der Waals surface area contributed by atoms with Crippen LogP contribution in [0.25, 0.3) is 0 Å². The average molecular weight is 249 g/mol. The first-order valence-electron chi connectivity index (χ1n) is 6.14. The standard InChI is InChI=1S/C13H19N3O2/c1-9-4-5-14-12(11(9)13(17)18)16-7-6-15(3)8-10(16)2/h4-5,10H,6-8H2,1-3H3,(H,17,18). The quantitative estimate of drug-likeness (QED) is 0.854. The molecule has 1 aromatic heterocycles. The summed E-state index contributed by atoms with van der Waals surface area (Å²) < 4.78 is 0. The highest BCUT2D eigenvalue weighted by molar-refractivity contribution is 5.95. The van der Waals surface area contributed by atoms with Gasteiger partial charge in [-0.2, -0.15) is 0 Å². The third kappa shape index (κ3) is 2.31. The number of carboxylic acid groups (broad SMARTS) is 1. The lowest BCUT2D eigenvalue weighted by atomic mass is 10.1. The van der Waals surface area contributed by atoms with Gasteiger partial charge in [0.2, 0.25) is 0 Å². The van der Waals surface area contributed by atoms with Gasteiger partial charge in [0.15, 0.2) is 0 Å². The van der Waals surface area contributed by atoms with Crippen LogP contribution in [-0.4, -0.2) is 53.7 Å². The van der Waals surface area contributed by atoms with E-state index in [-0.39, 0.29) is 6.04 Å². The van der Waals surface area contributed by atoms with Crippen molar-refractivity contribution in [3.63, 3.8) is 0 Å². The number of aryl methyl sites for hydroxylation is 1. The van der Waals surface area contributed by atoms with Crippen molar-refractivity contribution in [2.24, 2.45) is 0 Å². The Morgan fingerprint density at radius 3 is 2.83 bits per heavy atom. The number of aromatic carboxylic acids is 1. The number of carboxylic acids is 1. The molecule has 1 aliphatic heterocycles. The number of nitrogens with zero attached hydrogens (tertiary/aromatic N) is 3. The Morgan fingerprint density at radius 2 is 2.22 bits per heavy atom. The van der Waals surface area contributed by atoms with Crippen LogP contribution in [0.2, 0.25) is 0 Å². The highest BCUT2D eigenvalue weighted by Crippen LogP contribution is 2.24. The van der Waals surface area contributed by atoms with Crippen molar-refractivity contribution in [1.82, 2.24) is 9.88 Å². The summed E-state index contributed by atoms with van der Waals surface area (Å²) in [5, 5.41) is 9.34. The summed E-state index contributed by atoms with van der Waals surface area (Å²) in [5.74, 6) is -0.301. The molecule has 0 saturated carbocycles. The van der Waals surface area contributed by atoms with Gasteiger partial charge < -0.3 is 14.9 Å². The molecule has 1 aromatic rings. The molecule has 0 aliphatic carbocycles. The Labute approximate surface area is 107 Å². The van der Waals surface area contributed by atoms with Gasteiger partial charge in [-0.25, -0.2) is 9.78 Å². The molecule has 1 N–H and O–H groups in total. The minimum Gasteiger partial charge on any atom is -0.478 e. The van der Waals surface area contributed by atoms with Gasteiger partial charge in [-0.15, -0.1) is 0 Å². The van der Waals surface area contributed by atoms with Crippen LogP contribution in [0.1, 0.15) is 22.8 Å². The summed E-state index contributed by atoms with van der Waals surface area (Å²) in [5.41, 5.74) is 1.09. The van der Waals surface area contributed by atoms with E-state index in [9.17, 15) is 9.90 Å². The first-order valence-corrected chi connectivity index (χ1v) is 6.14. The predicted octanol–water partition coefficient (Wildman–Crippen LogP) is 1.23. The molecule has 5 heteroatoms. The van der Waals surface area contributed by atoms with Gasteiger partial charge in [-0.1, -0.05) is 0 Å². The molecule has 0 spiro atoms. The number of piperazine rings is 1. The molecule has 1 fully saturated rings. The monoisotopic (exact) mass is 249 g/mol. The van der Waals surface area contributed by atoms with E-state index in [4.69, 9.17) is 0 Å². The van der Waals surface area contributed by atoms with E-state index in [2.05, 4.69) is 28.8 Å². The first kappa shape index (κ1) is 12.8. The number of aromatic nitrogens is 1. The SMILES string of the molecule is Cc1ccnc(N2CCN(C)CC2C)c1C(=O)O. The minimum absolute atomic E-state index is 0.274. The molecule has 0 bridgehead atoms. The van der Waals surface area contributed by atoms with E-state index in [0.717, 1.165) is 25.2 Å². The zero-order chi connectivity index (χ0) is 13.3. The van der Waals surface area contributed by atoms with Gasteiger partial charge >= 0.3 is 5.97 Å². The molecule has 1 aliphatic rings. The fourth-order valence-corrected chi connectivity index (χ4v) is 2.48. The van der Waals surface area contributed by atoms with Crippen LogP contribution >= 0.6 is 0 Å². The zero-order valence-corrected chi connectivity index (χ0v) is 11.1. The molecule has 1 unspecified atom stereocenters. The van der Waals surface area contributed by atoms with Crippen molar-refractivity contribution >= 4 is 11.8 Å². The van der Waals surface area contributed by atoms with Gasteiger partial charge in [-0.05, 0) is 32.5 Å². The van der Waals surface area contributed by atoms with Crippen LogP contribution in [0.4, 0.5) is 5.82 Å². The molecule has 0 radical (unpaired) electrons. The normalized spacial score (nSPS) is 21.1. The molecule has 1 saturated heterocycles. The van der Waals surface area contributed by atoms with Crippen LogP contribution in [0.5, 0.6) is 0 Å². The highest BCUT2D eigenvalue weighted by Gasteiger charge is 2.27. The topological polar surface area (TPSA) is 56.7 Å². The second-order valence-corrected chi connectivity index (χ2v) is 4.94. The molecule has 0 amide bonds. The molecule has 98 valence electrons. The number of hydrogen-bond acceptors (Lipinski definition) is 4. The summed E-state index contributed by atoms with van der Waals surface area (Å²) >= 11 is 0. The third-order valence-electron chi connectivity index (χ3n) is 3.46. The summed E-state index contributed by atoms with van der Waals surface area (Å²) in [6.07, 6.45) is 1.68. The molecule has 2 rings (SSSR count). The molecule has 18 heavy (non-hydrogen) atoms. The van der Waals surface area contributed by atoms with Crippen LogP contribution in [0, 0.1) is 6.92 Å². The molecule has 5 nitrogen and oxygen atoms in total. The van der Waals surface area contributed by atoms with Crippen molar-refractivity contribution in [3.05, 3.63) is 23.4 Å². The third-order valence-corrected chi connectivity index (χ3v) is 3.46. The lowest BCUT2D eigenvalue weighted by molar-refractivity contribution is 0.0696. The molecule has 0 aromatic carbocycles. The Morgan fingerprint density at radius 1 is 1.50 bits per heavy atom. The van der Waals surface area contributed by atoms with Crippen molar-refractivity contribution in [2.45, 2.75) is 19.9 Å². The fraction of sp³-hybridized carbons (Fsp3) is 0.538. The Bertz CT molecular complexity index is 462. The Hall–Kier alpha value is -1.62. The van der Waals surface area contributed by atoms with Gasteiger partial charge in [0.25, 0.3) is 0 Å². The van der Waals surface area contributed by atoms with Crippen molar-refractivity contribution in [2.75, 3.05) is 31.6 Å². The minimum atomic E-state index is -0.901. The molecular weight excluding hydrogens is 230 g/mol. The van der Waals surface area contributed by atoms with Crippen LogP contribution in [-0.2, 0) is 0 Å². The first-order chi connectivity index (χ1) is 8.50. The Kier molecular flexibility index (Phi) is 3.52. The van der Waals surface area contributed by atoms with Crippen LogP contribution in [0.15, 0.2) is 12.3 Å². The average Bonchev–Trinajstić information content (AvgIpc) is 2.28. The number of likely N-dealkylation sites (N-methyl/N-ethyl adjacent to an activating group) is 1. The summed E-state index contributed by atoms with van der Waals surface area (Å²) in [7, 11) is 2.08. The van der Waals surface area contributed by atoms with E-state index in [1.807, 2.05) is 6.92 Å². The van der Waals surface area contributed by atoms with Crippen molar-refractivity contribution in [1.29, 1.82) is 0 Å². The van der Waals surface area contributed by atoms with Gasteiger partial charge in [0.05, 0.1) is 0 Å². The maximum Gasteiger partial charge on any atom is 0.339 e. The van der Waals surface area contributed by atoms with E-state index in [1.165, 1.54) is 0 Å². The van der Waals surface area contributed by atoms with Crippen LogP contribution < -0.4 is 4.90 Å².